The zero-order valence-corrected chi connectivity index (χ0v) is 12.0. The maximum absolute atomic E-state index is 12.1. The van der Waals surface area contributed by atoms with Crippen LogP contribution in [0.3, 0.4) is 0 Å². The van der Waals surface area contributed by atoms with Gasteiger partial charge in [0, 0.05) is 32.4 Å². The summed E-state index contributed by atoms with van der Waals surface area (Å²) in [4.78, 5) is 17.8. The van der Waals surface area contributed by atoms with Gasteiger partial charge in [0.05, 0.1) is 11.6 Å². The van der Waals surface area contributed by atoms with Crippen LogP contribution in [0, 0.1) is 11.3 Å². The Morgan fingerprint density at radius 3 is 2.81 bits per heavy atom. The fraction of sp³-hybridized carbons (Fsp3) is 0.235. The maximum atomic E-state index is 12.1. The second-order valence-corrected chi connectivity index (χ2v) is 4.92. The van der Waals surface area contributed by atoms with Gasteiger partial charge in [-0.15, -0.1) is 0 Å². The Kier molecular flexibility index (Phi) is 5.05. The minimum Gasteiger partial charge on any atom is -0.341 e. The number of rotatable bonds is 5. The number of nitrogens with zero attached hydrogens (tertiary/aromatic N) is 3. The van der Waals surface area contributed by atoms with Crippen LogP contribution in [0.2, 0.25) is 0 Å². The van der Waals surface area contributed by atoms with Gasteiger partial charge >= 0.3 is 0 Å². The molecule has 106 valence electrons. The first-order chi connectivity index (χ1) is 10.2. The van der Waals surface area contributed by atoms with Crippen molar-refractivity contribution in [3.05, 3.63) is 65.5 Å². The first-order valence-electron chi connectivity index (χ1n) is 6.81. The Hall–Kier alpha value is -2.67. The number of nitriles is 1. The molecule has 0 aliphatic carbocycles. The van der Waals surface area contributed by atoms with Gasteiger partial charge in [0.2, 0.25) is 5.91 Å². The van der Waals surface area contributed by atoms with E-state index in [1.807, 2.05) is 30.3 Å². The number of aromatic nitrogens is 1. The molecule has 0 spiro atoms. The lowest BCUT2D eigenvalue weighted by atomic mass is 10.1. The lowest BCUT2D eigenvalue weighted by Crippen LogP contribution is -2.26. The largest absolute Gasteiger partial charge is 0.341 e. The molecule has 0 unspecified atom stereocenters. The van der Waals surface area contributed by atoms with Crippen molar-refractivity contribution in [1.82, 2.24) is 9.88 Å². The Labute approximate surface area is 124 Å². The van der Waals surface area contributed by atoms with Crippen molar-refractivity contribution in [2.45, 2.75) is 19.4 Å². The smallest absolute Gasteiger partial charge is 0.222 e. The number of carbonyl (C=O) groups is 1. The SMILES string of the molecule is CN(Cc1cccc(C#N)c1)C(=O)CCc1cccnc1. The molecule has 0 N–H and O–H groups in total. The summed E-state index contributed by atoms with van der Waals surface area (Å²) in [6.45, 7) is 0.515. The van der Waals surface area contributed by atoms with E-state index in [9.17, 15) is 4.79 Å². The summed E-state index contributed by atoms with van der Waals surface area (Å²) in [7, 11) is 1.78. The monoisotopic (exact) mass is 279 g/mol. The highest BCUT2D eigenvalue weighted by Crippen LogP contribution is 2.09. The predicted molar refractivity (Wildman–Crippen MR) is 80.2 cm³/mol. The van der Waals surface area contributed by atoms with Gasteiger partial charge in [-0.2, -0.15) is 5.26 Å². The summed E-state index contributed by atoms with van der Waals surface area (Å²) in [5.41, 5.74) is 2.64. The number of hydrogen-bond acceptors (Lipinski definition) is 3. The fourth-order valence-electron chi connectivity index (χ4n) is 2.09. The highest BCUT2D eigenvalue weighted by atomic mass is 16.2. The van der Waals surface area contributed by atoms with E-state index in [-0.39, 0.29) is 5.91 Å². The van der Waals surface area contributed by atoms with E-state index in [0.29, 0.717) is 24.9 Å². The van der Waals surface area contributed by atoms with E-state index in [1.165, 1.54) is 0 Å². The quantitative estimate of drug-likeness (QED) is 0.845. The Morgan fingerprint density at radius 2 is 2.10 bits per heavy atom. The highest BCUT2D eigenvalue weighted by molar-refractivity contribution is 5.76. The van der Waals surface area contributed by atoms with Crippen molar-refractivity contribution in [3.8, 4) is 6.07 Å². The van der Waals surface area contributed by atoms with E-state index in [0.717, 1.165) is 11.1 Å². The first kappa shape index (κ1) is 14.7. The molecule has 0 saturated heterocycles. The van der Waals surface area contributed by atoms with Crippen LogP contribution >= 0.6 is 0 Å². The number of amides is 1. The molecule has 4 nitrogen and oxygen atoms in total. The van der Waals surface area contributed by atoms with Crippen LogP contribution in [0.1, 0.15) is 23.1 Å². The lowest BCUT2D eigenvalue weighted by molar-refractivity contribution is -0.130. The van der Waals surface area contributed by atoms with Gasteiger partial charge < -0.3 is 4.90 Å². The van der Waals surface area contributed by atoms with Crippen molar-refractivity contribution < 1.29 is 4.79 Å². The fourth-order valence-corrected chi connectivity index (χ4v) is 2.09. The van der Waals surface area contributed by atoms with Crippen molar-refractivity contribution in [2.75, 3.05) is 7.05 Å². The second kappa shape index (κ2) is 7.20. The first-order valence-corrected chi connectivity index (χ1v) is 6.81. The molecule has 0 aliphatic rings. The molecular weight excluding hydrogens is 262 g/mol. The van der Waals surface area contributed by atoms with Gasteiger partial charge in [0.1, 0.15) is 0 Å². The molecule has 0 fully saturated rings. The minimum atomic E-state index is 0.0845. The third-order valence-corrected chi connectivity index (χ3v) is 3.25. The zero-order valence-electron chi connectivity index (χ0n) is 12.0. The number of benzene rings is 1. The van der Waals surface area contributed by atoms with Crippen LogP contribution in [-0.4, -0.2) is 22.8 Å². The van der Waals surface area contributed by atoms with Crippen LogP contribution in [0.25, 0.3) is 0 Å². The van der Waals surface area contributed by atoms with Crippen molar-refractivity contribution in [3.63, 3.8) is 0 Å². The molecule has 21 heavy (non-hydrogen) atoms. The van der Waals surface area contributed by atoms with Gasteiger partial charge in [0.15, 0.2) is 0 Å². The summed E-state index contributed by atoms with van der Waals surface area (Å²) in [5, 5.41) is 8.88. The molecule has 2 rings (SSSR count). The molecule has 0 aliphatic heterocycles. The molecule has 0 radical (unpaired) electrons. The van der Waals surface area contributed by atoms with Crippen LogP contribution < -0.4 is 0 Å². The van der Waals surface area contributed by atoms with E-state index in [4.69, 9.17) is 5.26 Å². The number of carbonyl (C=O) groups excluding carboxylic acids is 1. The molecule has 0 bridgehead atoms. The Morgan fingerprint density at radius 1 is 1.29 bits per heavy atom. The Bertz CT molecular complexity index is 647. The Balaban J connectivity index is 1.89. The summed E-state index contributed by atoms with van der Waals surface area (Å²) < 4.78 is 0. The molecular formula is C17H17N3O. The maximum Gasteiger partial charge on any atom is 0.222 e. The van der Waals surface area contributed by atoms with Gasteiger partial charge in [-0.25, -0.2) is 0 Å². The molecule has 1 aromatic heterocycles. The molecule has 2 aromatic rings. The number of hydrogen-bond donors (Lipinski definition) is 0. The third-order valence-electron chi connectivity index (χ3n) is 3.25. The van der Waals surface area contributed by atoms with Crippen LogP contribution in [0.4, 0.5) is 0 Å². The molecule has 0 saturated carbocycles. The molecule has 4 heteroatoms. The van der Waals surface area contributed by atoms with E-state index >= 15 is 0 Å². The number of aryl methyl sites for hydroxylation is 1. The van der Waals surface area contributed by atoms with Gasteiger partial charge in [-0.3, -0.25) is 9.78 Å². The predicted octanol–water partition coefficient (Wildman–Crippen LogP) is 2.54. The van der Waals surface area contributed by atoms with Gasteiger partial charge in [-0.05, 0) is 35.7 Å². The lowest BCUT2D eigenvalue weighted by Gasteiger charge is -2.17. The average molecular weight is 279 g/mol. The minimum absolute atomic E-state index is 0.0845. The molecule has 1 amide bonds. The summed E-state index contributed by atoms with van der Waals surface area (Å²) in [6, 6.07) is 13.3. The highest BCUT2D eigenvalue weighted by Gasteiger charge is 2.09. The average Bonchev–Trinajstić information content (AvgIpc) is 2.53. The number of pyridine rings is 1. The molecule has 1 aromatic carbocycles. The van der Waals surface area contributed by atoms with E-state index in [1.54, 1.807) is 30.4 Å². The van der Waals surface area contributed by atoms with E-state index < -0.39 is 0 Å². The normalized spacial score (nSPS) is 9.90. The summed E-state index contributed by atoms with van der Waals surface area (Å²) >= 11 is 0. The van der Waals surface area contributed by atoms with Crippen LogP contribution in [0.5, 0.6) is 0 Å². The summed E-state index contributed by atoms with van der Waals surface area (Å²) in [6.07, 6.45) is 4.65. The van der Waals surface area contributed by atoms with E-state index in [2.05, 4.69) is 11.1 Å². The van der Waals surface area contributed by atoms with Gasteiger partial charge in [0.25, 0.3) is 0 Å². The van der Waals surface area contributed by atoms with Crippen molar-refractivity contribution in [2.24, 2.45) is 0 Å². The molecule has 0 atom stereocenters. The van der Waals surface area contributed by atoms with Crippen molar-refractivity contribution in [1.29, 1.82) is 5.26 Å². The second-order valence-electron chi connectivity index (χ2n) is 4.92. The third kappa shape index (κ3) is 4.43. The van der Waals surface area contributed by atoms with Gasteiger partial charge in [-0.1, -0.05) is 18.2 Å². The van der Waals surface area contributed by atoms with Crippen molar-refractivity contribution >= 4 is 5.91 Å². The molecule has 1 heterocycles. The summed E-state index contributed by atoms with van der Waals surface area (Å²) in [5.74, 6) is 0.0845. The van der Waals surface area contributed by atoms with Crippen LogP contribution in [-0.2, 0) is 17.8 Å². The zero-order chi connectivity index (χ0) is 15.1. The topological polar surface area (TPSA) is 57.0 Å². The standard InChI is InChI=1S/C17H17N3O/c1-20(13-16-5-2-4-15(10-16)11-18)17(21)8-7-14-6-3-9-19-12-14/h2-6,9-10,12H,7-8,13H2,1H3. The van der Waals surface area contributed by atoms with Crippen LogP contribution in [0.15, 0.2) is 48.8 Å².